The van der Waals surface area contributed by atoms with E-state index in [-0.39, 0.29) is 6.42 Å². The van der Waals surface area contributed by atoms with Crippen molar-refractivity contribution in [2.24, 2.45) is 0 Å². The summed E-state index contributed by atoms with van der Waals surface area (Å²) in [5.74, 6) is 0.183. The van der Waals surface area contributed by atoms with Crippen LogP contribution in [0, 0.1) is 0 Å². The van der Waals surface area contributed by atoms with E-state index < -0.39 is 5.97 Å². The number of carbonyl (C=O) groups is 1. The average Bonchev–Trinajstić information content (AvgIpc) is 2.20. The van der Waals surface area contributed by atoms with E-state index in [1.54, 1.807) is 18.0 Å². The minimum atomic E-state index is -0.723. The van der Waals surface area contributed by atoms with Gasteiger partial charge in [0.15, 0.2) is 0 Å². The molecule has 0 radical (unpaired) electrons. The van der Waals surface area contributed by atoms with E-state index in [2.05, 4.69) is 20.9 Å². The summed E-state index contributed by atoms with van der Waals surface area (Å²) < 4.78 is 0.994. The van der Waals surface area contributed by atoms with Crippen LogP contribution in [0.2, 0.25) is 0 Å². The third kappa shape index (κ3) is 5.18. The molecule has 1 aromatic rings. The van der Waals surface area contributed by atoms with Crippen LogP contribution >= 0.6 is 27.7 Å². The monoisotopic (exact) mass is 289 g/mol. The van der Waals surface area contributed by atoms with Gasteiger partial charge in [0.05, 0.1) is 0 Å². The Hall–Kier alpha value is -0.550. The predicted molar refractivity (Wildman–Crippen MR) is 64.1 cm³/mol. The number of nitrogens with zero attached hydrogens (tertiary/aromatic N) is 1. The van der Waals surface area contributed by atoms with Crippen molar-refractivity contribution in [1.29, 1.82) is 0 Å². The molecule has 0 bridgehead atoms. The third-order valence-corrected chi connectivity index (χ3v) is 3.74. The number of aliphatic carboxylic acids is 1. The van der Waals surface area contributed by atoms with Gasteiger partial charge in [0.2, 0.25) is 0 Å². The minimum absolute atomic E-state index is 0.254. The molecule has 1 rings (SSSR count). The first-order valence-corrected chi connectivity index (χ1v) is 6.43. The second-order valence-corrected chi connectivity index (χ2v) is 4.93. The summed E-state index contributed by atoms with van der Waals surface area (Å²) in [5.41, 5.74) is 0. The van der Waals surface area contributed by atoms with E-state index in [9.17, 15) is 4.79 Å². The van der Waals surface area contributed by atoms with Gasteiger partial charge >= 0.3 is 5.97 Å². The number of hydrogen-bond donors (Lipinski definition) is 1. The Balaban J connectivity index is 2.21. The summed E-state index contributed by atoms with van der Waals surface area (Å²) in [6.45, 7) is 0. The predicted octanol–water partition coefficient (Wildman–Crippen LogP) is 3.19. The van der Waals surface area contributed by atoms with Crippen molar-refractivity contribution in [1.82, 2.24) is 4.98 Å². The topological polar surface area (TPSA) is 50.2 Å². The number of hydrogen-bond acceptors (Lipinski definition) is 3. The summed E-state index contributed by atoms with van der Waals surface area (Å²) in [5, 5.41) is 9.41. The van der Waals surface area contributed by atoms with Gasteiger partial charge in [-0.15, -0.1) is 11.8 Å². The molecule has 0 aromatic carbocycles. The summed E-state index contributed by atoms with van der Waals surface area (Å²) in [6.07, 6.45) is 3.64. The molecule has 0 aliphatic heterocycles. The van der Waals surface area contributed by atoms with Gasteiger partial charge in [-0.25, -0.2) is 4.98 Å². The first-order valence-electron chi connectivity index (χ1n) is 4.65. The molecule has 1 aromatic heterocycles. The highest BCUT2D eigenvalue weighted by molar-refractivity contribution is 9.10. The molecule has 0 spiro atoms. The van der Waals surface area contributed by atoms with Gasteiger partial charge in [-0.1, -0.05) is 0 Å². The molecule has 0 saturated carbocycles. The van der Waals surface area contributed by atoms with Crippen molar-refractivity contribution < 1.29 is 9.90 Å². The fourth-order valence-electron chi connectivity index (χ4n) is 1.02. The summed E-state index contributed by atoms with van der Waals surface area (Å²) in [4.78, 5) is 14.5. The molecule has 0 saturated heterocycles. The van der Waals surface area contributed by atoms with Gasteiger partial charge in [-0.05, 0) is 46.7 Å². The van der Waals surface area contributed by atoms with E-state index in [1.807, 2.05) is 12.1 Å². The largest absolute Gasteiger partial charge is 0.481 e. The van der Waals surface area contributed by atoms with Gasteiger partial charge in [0, 0.05) is 17.1 Å². The molecule has 1 N–H and O–H groups in total. The molecule has 5 heteroatoms. The Morgan fingerprint density at radius 2 is 2.33 bits per heavy atom. The number of carboxylic acid groups (broad SMARTS) is 1. The van der Waals surface area contributed by atoms with E-state index in [0.29, 0.717) is 0 Å². The average molecular weight is 290 g/mol. The molecule has 0 fully saturated rings. The van der Waals surface area contributed by atoms with Crippen LogP contribution in [0.15, 0.2) is 27.8 Å². The van der Waals surface area contributed by atoms with Crippen molar-refractivity contribution in [3.05, 3.63) is 22.8 Å². The number of halogens is 1. The standard InChI is InChI=1S/C10H12BrNO2S/c11-8-4-3-6-12-10(8)15-7-2-1-5-9(13)14/h3-4,6H,1-2,5,7H2,(H,13,14). The molecule has 15 heavy (non-hydrogen) atoms. The van der Waals surface area contributed by atoms with Gasteiger partial charge in [0.25, 0.3) is 0 Å². The zero-order valence-corrected chi connectivity index (χ0v) is 10.6. The first-order chi connectivity index (χ1) is 7.20. The molecule has 0 aliphatic rings. The Morgan fingerprint density at radius 1 is 1.53 bits per heavy atom. The van der Waals surface area contributed by atoms with Crippen LogP contribution in [0.25, 0.3) is 0 Å². The highest BCUT2D eigenvalue weighted by Gasteiger charge is 2.01. The van der Waals surface area contributed by atoms with Crippen molar-refractivity contribution in [3.8, 4) is 0 Å². The fourth-order valence-corrected chi connectivity index (χ4v) is 2.51. The highest BCUT2D eigenvalue weighted by Crippen LogP contribution is 2.25. The van der Waals surface area contributed by atoms with Crippen LogP contribution in [0.1, 0.15) is 19.3 Å². The molecule has 0 unspecified atom stereocenters. The normalized spacial score (nSPS) is 10.2. The lowest BCUT2D eigenvalue weighted by Gasteiger charge is -2.01. The number of rotatable bonds is 6. The van der Waals surface area contributed by atoms with Crippen molar-refractivity contribution in [2.75, 3.05) is 5.75 Å². The lowest BCUT2D eigenvalue weighted by atomic mass is 10.3. The zero-order valence-electron chi connectivity index (χ0n) is 8.15. The Labute approximate surface area is 101 Å². The maximum Gasteiger partial charge on any atom is 0.303 e. The number of pyridine rings is 1. The van der Waals surface area contributed by atoms with E-state index >= 15 is 0 Å². The molecule has 0 atom stereocenters. The smallest absolute Gasteiger partial charge is 0.303 e. The summed E-state index contributed by atoms with van der Waals surface area (Å²) in [6, 6.07) is 3.82. The Kier molecular flexibility index (Phi) is 5.71. The molecular weight excluding hydrogens is 278 g/mol. The number of aromatic nitrogens is 1. The maximum atomic E-state index is 10.3. The summed E-state index contributed by atoms with van der Waals surface area (Å²) in [7, 11) is 0. The van der Waals surface area contributed by atoms with Crippen LogP contribution in [0.3, 0.4) is 0 Å². The van der Waals surface area contributed by atoms with E-state index in [1.165, 1.54) is 0 Å². The van der Waals surface area contributed by atoms with Gasteiger partial charge in [-0.2, -0.15) is 0 Å². The molecule has 3 nitrogen and oxygen atoms in total. The van der Waals surface area contributed by atoms with Crippen LogP contribution in [-0.2, 0) is 4.79 Å². The van der Waals surface area contributed by atoms with Crippen LogP contribution < -0.4 is 0 Å². The fraction of sp³-hybridized carbons (Fsp3) is 0.400. The second-order valence-electron chi connectivity index (χ2n) is 2.99. The quantitative estimate of drug-likeness (QED) is 0.645. The Morgan fingerprint density at radius 3 is 3.00 bits per heavy atom. The highest BCUT2D eigenvalue weighted by atomic mass is 79.9. The molecule has 82 valence electrons. The van der Waals surface area contributed by atoms with Gasteiger partial charge in [-0.3, -0.25) is 4.79 Å². The van der Waals surface area contributed by atoms with Gasteiger partial charge < -0.3 is 5.11 Å². The van der Waals surface area contributed by atoms with Crippen LogP contribution in [0.5, 0.6) is 0 Å². The van der Waals surface area contributed by atoms with Crippen molar-refractivity contribution >= 4 is 33.7 Å². The second kappa shape index (κ2) is 6.85. The van der Waals surface area contributed by atoms with E-state index in [0.717, 1.165) is 28.1 Å². The SMILES string of the molecule is O=C(O)CCCCSc1ncccc1Br. The number of thioether (sulfide) groups is 1. The molecule has 0 aliphatic carbocycles. The minimum Gasteiger partial charge on any atom is -0.481 e. The van der Waals surface area contributed by atoms with Gasteiger partial charge in [0.1, 0.15) is 5.03 Å². The lowest BCUT2D eigenvalue weighted by Crippen LogP contribution is -1.94. The number of unbranched alkanes of at least 4 members (excludes halogenated alkanes) is 1. The maximum absolute atomic E-state index is 10.3. The van der Waals surface area contributed by atoms with E-state index in [4.69, 9.17) is 5.11 Å². The molecule has 0 amide bonds. The first kappa shape index (κ1) is 12.5. The molecular formula is C10H12BrNO2S. The van der Waals surface area contributed by atoms with Crippen LogP contribution in [-0.4, -0.2) is 21.8 Å². The van der Waals surface area contributed by atoms with Crippen molar-refractivity contribution in [3.63, 3.8) is 0 Å². The lowest BCUT2D eigenvalue weighted by molar-refractivity contribution is -0.137. The third-order valence-electron chi connectivity index (χ3n) is 1.75. The summed E-state index contributed by atoms with van der Waals surface area (Å²) >= 11 is 5.06. The van der Waals surface area contributed by atoms with Crippen molar-refractivity contribution in [2.45, 2.75) is 24.3 Å². The number of carboxylic acids is 1. The molecule has 1 heterocycles. The van der Waals surface area contributed by atoms with Crippen LogP contribution in [0.4, 0.5) is 0 Å². The zero-order chi connectivity index (χ0) is 11.1. The Bertz CT molecular complexity index is 333.